The number of esters is 1. The van der Waals surface area contributed by atoms with Gasteiger partial charge < -0.3 is 19.4 Å². The van der Waals surface area contributed by atoms with E-state index in [4.69, 9.17) is 9.47 Å². The molecule has 1 saturated heterocycles. The smallest absolute Gasteiger partial charge is 0.416 e. The Hall–Kier alpha value is -3.11. The van der Waals surface area contributed by atoms with Gasteiger partial charge in [0.25, 0.3) is 0 Å². The van der Waals surface area contributed by atoms with Crippen molar-refractivity contribution < 1.29 is 27.4 Å². The molecule has 10 heteroatoms. The van der Waals surface area contributed by atoms with Crippen LogP contribution in [-0.2, 0) is 22.2 Å². The fourth-order valence-electron chi connectivity index (χ4n) is 3.88. The highest BCUT2D eigenvalue weighted by molar-refractivity contribution is 5.94. The van der Waals surface area contributed by atoms with Crippen LogP contribution in [0.4, 0.5) is 24.8 Å². The number of fused-ring (bicyclic) bond motifs is 1. The fraction of sp³-hybridized carbons (Fsp3) is 0.391. The highest BCUT2D eigenvalue weighted by Crippen LogP contribution is 2.32. The Morgan fingerprint density at radius 2 is 1.94 bits per heavy atom. The number of aromatic nitrogens is 2. The van der Waals surface area contributed by atoms with Crippen molar-refractivity contribution in [2.45, 2.75) is 19.1 Å². The second kappa shape index (κ2) is 9.80. The van der Waals surface area contributed by atoms with Crippen LogP contribution in [0.25, 0.3) is 11.0 Å². The maximum atomic E-state index is 13.1. The van der Waals surface area contributed by atoms with Crippen molar-refractivity contribution >= 4 is 28.6 Å². The lowest BCUT2D eigenvalue weighted by atomic mass is 10.2. The summed E-state index contributed by atoms with van der Waals surface area (Å²) in [5.74, 6) is -0.0699. The molecule has 33 heavy (non-hydrogen) atoms. The van der Waals surface area contributed by atoms with Crippen molar-refractivity contribution in [2.75, 3.05) is 45.3 Å². The van der Waals surface area contributed by atoms with Crippen LogP contribution in [-0.4, -0.2) is 60.4 Å². The Labute approximate surface area is 189 Å². The number of halogens is 3. The normalized spacial score (nSPS) is 15.0. The van der Waals surface area contributed by atoms with E-state index in [1.54, 1.807) is 24.3 Å². The second-order valence-electron chi connectivity index (χ2n) is 7.79. The molecular weight excluding hydrogens is 437 g/mol. The third-order valence-corrected chi connectivity index (χ3v) is 5.58. The van der Waals surface area contributed by atoms with Gasteiger partial charge in [-0.05, 0) is 42.8 Å². The minimum Gasteiger partial charge on any atom is -0.465 e. The van der Waals surface area contributed by atoms with Crippen molar-refractivity contribution in [3.63, 3.8) is 0 Å². The summed E-state index contributed by atoms with van der Waals surface area (Å²) in [5, 5.41) is 3.03. The number of nitrogens with zero attached hydrogens (tertiary/aromatic N) is 3. The fourth-order valence-corrected chi connectivity index (χ4v) is 3.88. The summed E-state index contributed by atoms with van der Waals surface area (Å²) in [5.41, 5.74) is 1.23. The molecule has 176 valence electrons. The van der Waals surface area contributed by atoms with E-state index in [0.717, 1.165) is 43.7 Å². The summed E-state index contributed by atoms with van der Waals surface area (Å²) in [6, 6.07) is 10.1. The number of methoxy groups -OCH3 is 1. The summed E-state index contributed by atoms with van der Waals surface area (Å²) >= 11 is 0. The first-order valence-corrected chi connectivity index (χ1v) is 10.7. The SMILES string of the molecule is COC(=O)c1ccc2c(c1)nc(Nc1cccc(C(F)(F)F)c1)n2CCCN1CCOCC1. The van der Waals surface area contributed by atoms with Crippen LogP contribution >= 0.6 is 0 Å². The molecule has 7 nitrogen and oxygen atoms in total. The highest BCUT2D eigenvalue weighted by atomic mass is 19.4. The highest BCUT2D eigenvalue weighted by Gasteiger charge is 2.30. The zero-order valence-electron chi connectivity index (χ0n) is 18.2. The Morgan fingerprint density at radius 3 is 2.67 bits per heavy atom. The van der Waals surface area contributed by atoms with Crippen molar-refractivity contribution in [3.05, 3.63) is 53.6 Å². The van der Waals surface area contributed by atoms with Gasteiger partial charge >= 0.3 is 12.1 Å². The van der Waals surface area contributed by atoms with Gasteiger partial charge in [0, 0.05) is 31.9 Å². The lowest BCUT2D eigenvalue weighted by molar-refractivity contribution is -0.137. The maximum absolute atomic E-state index is 13.1. The third-order valence-electron chi connectivity index (χ3n) is 5.58. The van der Waals surface area contributed by atoms with Crippen LogP contribution in [0.5, 0.6) is 0 Å². The quantitative estimate of drug-likeness (QED) is 0.528. The number of aryl methyl sites for hydroxylation is 1. The van der Waals surface area contributed by atoms with Gasteiger partial charge in [-0.2, -0.15) is 13.2 Å². The lowest BCUT2D eigenvalue weighted by Crippen LogP contribution is -2.37. The molecule has 1 fully saturated rings. The molecule has 2 heterocycles. The summed E-state index contributed by atoms with van der Waals surface area (Å²) < 4.78 is 51.5. The standard InChI is InChI=1S/C23H25F3N4O3/c1-32-21(31)16-6-7-20-19(14-16)28-22(27-18-5-2-4-17(15-18)23(24,25)26)30(20)9-3-8-29-10-12-33-13-11-29/h2,4-7,14-15H,3,8-13H2,1H3,(H,27,28). The molecule has 4 rings (SSSR count). The van der Waals surface area contributed by atoms with E-state index >= 15 is 0 Å². The van der Waals surface area contributed by atoms with Gasteiger partial charge in [-0.15, -0.1) is 0 Å². The first-order valence-electron chi connectivity index (χ1n) is 10.7. The average Bonchev–Trinajstić information content (AvgIpc) is 3.15. The molecule has 0 amide bonds. The van der Waals surface area contributed by atoms with Crippen molar-refractivity contribution in [2.24, 2.45) is 0 Å². The van der Waals surface area contributed by atoms with Gasteiger partial charge in [-0.1, -0.05) is 6.07 Å². The molecule has 0 saturated carbocycles. The van der Waals surface area contributed by atoms with Gasteiger partial charge in [0.15, 0.2) is 0 Å². The first-order chi connectivity index (χ1) is 15.8. The number of carbonyl (C=O) groups is 1. The van der Waals surface area contributed by atoms with Crippen LogP contribution in [0.3, 0.4) is 0 Å². The summed E-state index contributed by atoms with van der Waals surface area (Å²) in [6.45, 7) is 4.66. The molecule has 0 spiro atoms. The molecular formula is C23H25F3N4O3. The minimum atomic E-state index is -4.44. The number of benzene rings is 2. The Kier molecular flexibility index (Phi) is 6.85. The molecule has 1 aliphatic rings. The number of morpholine rings is 1. The van der Waals surface area contributed by atoms with E-state index in [1.807, 2.05) is 4.57 Å². The zero-order chi connectivity index (χ0) is 23.4. The Morgan fingerprint density at radius 1 is 1.15 bits per heavy atom. The van der Waals surface area contributed by atoms with Crippen LogP contribution in [0.2, 0.25) is 0 Å². The second-order valence-corrected chi connectivity index (χ2v) is 7.79. The van der Waals surface area contributed by atoms with Crippen molar-refractivity contribution in [3.8, 4) is 0 Å². The topological polar surface area (TPSA) is 68.6 Å². The van der Waals surface area contributed by atoms with Gasteiger partial charge in [0.05, 0.1) is 42.5 Å². The molecule has 0 bridgehead atoms. The average molecular weight is 462 g/mol. The van der Waals surface area contributed by atoms with Gasteiger partial charge in [0.2, 0.25) is 5.95 Å². The molecule has 3 aromatic rings. The molecule has 1 aliphatic heterocycles. The number of rotatable bonds is 7. The minimum absolute atomic E-state index is 0.280. The van der Waals surface area contributed by atoms with Gasteiger partial charge in [0.1, 0.15) is 0 Å². The number of carbonyl (C=O) groups excluding carboxylic acids is 1. The zero-order valence-corrected chi connectivity index (χ0v) is 18.2. The molecule has 1 aromatic heterocycles. The van der Waals surface area contributed by atoms with E-state index < -0.39 is 17.7 Å². The lowest BCUT2D eigenvalue weighted by Gasteiger charge is -2.26. The number of nitrogens with one attached hydrogen (secondary N) is 1. The number of ether oxygens (including phenoxy) is 2. The first kappa shape index (κ1) is 23.1. The molecule has 1 N–H and O–H groups in total. The molecule has 0 unspecified atom stereocenters. The number of anilines is 2. The van der Waals surface area contributed by atoms with Crippen molar-refractivity contribution in [1.82, 2.24) is 14.5 Å². The Balaban J connectivity index is 1.62. The van der Waals surface area contributed by atoms with E-state index in [9.17, 15) is 18.0 Å². The summed E-state index contributed by atoms with van der Waals surface area (Å²) in [7, 11) is 1.30. The predicted octanol–water partition coefficient (Wildman–Crippen LogP) is 4.31. The maximum Gasteiger partial charge on any atom is 0.416 e. The Bertz CT molecular complexity index is 1120. The molecule has 0 atom stereocenters. The van der Waals surface area contributed by atoms with E-state index in [0.29, 0.717) is 36.8 Å². The molecule has 0 aliphatic carbocycles. The molecule has 2 aromatic carbocycles. The third kappa shape index (κ3) is 5.45. The largest absolute Gasteiger partial charge is 0.465 e. The predicted molar refractivity (Wildman–Crippen MR) is 118 cm³/mol. The van der Waals surface area contributed by atoms with Crippen LogP contribution < -0.4 is 5.32 Å². The van der Waals surface area contributed by atoms with E-state index in [2.05, 4.69) is 15.2 Å². The number of imidazole rings is 1. The molecule has 0 radical (unpaired) electrons. The van der Waals surface area contributed by atoms with Crippen LogP contribution in [0.15, 0.2) is 42.5 Å². The number of hydrogen-bond acceptors (Lipinski definition) is 6. The number of hydrogen-bond donors (Lipinski definition) is 1. The van der Waals surface area contributed by atoms with E-state index in [-0.39, 0.29) is 5.69 Å². The summed E-state index contributed by atoms with van der Waals surface area (Å²) in [6.07, 6.45) is -3.62. The van der Waals surface area contributed by atoms with E-state index in [1.165, 1.54) is 13.2 Å². The summed E-state index contributed by atoms with van der Waals surface area (Å²) in [4.78, 5) is 18.8. The monoisotopic (exact) mass is 462 g/mol. The van der Waals surface area contributed by atoms with Crippen molar-refractivity contribution in [1.29, 1.82) is 0 Å². The van der Waals surface area contributed by atoms with Gasteiger partial charge in [-0.3, -0.25) is 4.90 Å². The van der Waals surface area contributed by atoms with Crippen LogP contribution in [0.1, 0.15) is 22.3 Å². The van der Waals surface area contributed by atoms with Gasteiger partial charge in [-0.25, -0.2) is 9.78 Å². The number of alkyl halides is 3. The van der Waals surface area contributed by atoms with Crippen LogP contribution in [0, 0.1) is 0 Å².